The van der Waals surface area contributed by atoms with Gasteiger partial charge in [-0.05, 0) is 51.2 Å². The van der Waals surface area contributed by atoms with Crippen molar-refractivity contribution in [2.24, 2.45) is 5.92 Å². The van der Waals surface area contributed by atoms with Crippen molar-refractivity contribution >= 4 is 22.9 Å². The molecule has 2 aliphatic carbocycles. The zero-order chi connectivity index (χ0) is 16.2. The molecule has 23 heavy (non-hydrogen) atoms. The minimum absolute atomic E-state index is 0.0387. The van der Waals surface area contributed by atoms with Gasteiger partial charge < -0.3 is 4.74 Å². The maximum absolute atomic E-state index is 13.0. The fourth-order valence-corrected chi connectivity index (χ4v) is 3.33. The van der Waals surface area contributed by atoms with E-state index in [2.05, 4.69) is 0 Å². The highest BCUT2D eigenvalue weighted by molar-refractivity contribution is 6.35. The summed E-state index contributed by atoms with van der Waals surface area (Å²) in [5.74, 6) is 0.879. The molecule has 4 rings (SSSR count). The largest absolute Gasteiger partial charge is 0.487 e. The number of Topliss-reactive ketones (excluding diaryl/α,β-unsaturated/α-hetero) is 1. The van der Waals surface area contributed by atoms with Gasteiger partial charge in [0.15, 0.2) is 11.6 Å². The van der Waals surface area contributed by atoms with E-state index in [1.807, 2.05) is 38.1 Å². The molecule has 1 saturated carbocycles. The van der Waals surface area contributed by atoms with E-state index >= 15 is 0 Å². The molecule has 0 radical (unpaired) electrons. The van der Waals surface area contributed by atoms with Gasteiger partial charge >= 0.3 is 0 Å². The summed E-state index contributed by atoms with van der Waals surface area (Å²) in [7, 11) is 0. The Hall–Kier alpha value is -2.16. The Morgan fingerprint density at radius 2 is 1.91 bits per heavy atom. The maximum atomic E-state index is 13.0. The highest BCUT2D eigenvalue weighted by atomic mass is 16.5. The van der Waals surface area contributed by atoms with Crippen LogP contribution in [0.25, 0.3) is 11.3 Å². The first-order valence-electron chi connectivity index (χ1n) is 8.28. The summed E-state index contributed by atoms with van der Waals surface area (Å²) in [5, 5.41) is 0. The zero-order valence-corrected chi connectivity index (χ0v) is 13.5. The number of fused-ring (bicyclic) bond motifs is 2. The van der Waals surface area contributed by atoms with Crippen LogP contribution in [-0.2, 0) is 14.3 Å². The van der Waals surface area contributed by atoms with Crippen LogP contribution in [0.5, 0.6) is 0 Å². The Bertz CT molecular complexity index is 776. The zero-order valence-electron chi connectivity index (χ0n) is 13.5. The maximum Gasteiger partial charge on any atom is 0.193 e. The predicted octanol–water partition coefficient (Wildman–Crippen LogP) is 3.93. The van der Waals surface area contributed by atoms with Crippen LogP contribution in [0.4, 0.5) is 0 Å². The van der Waals surface area contributed by atoms with E-state index in [1.165, 1.54) is 0 Å². The van der Waals surface area contributed by atoms with Crippen LogP contribution in [0, 0.1) is 5.92 Å². The number of carbonyl (C=O) groups excluding carboxylic acids is 2. The second-order valence-electron chi connectivity index (χ2n) is 7.28. The predicted molar refractivity (Wildman–Crippen MR) is 88.5 cm³/mol. The lowest BCUT2D eigenvalue weighted by Crippen LogP contribution is -2.32. The highest BCUT2D eigenvalue weighted by Gasteiger charge is 2.38. The van der Waals surface area contributed by atoms with Gasteiger partial charge in [0.2, 0.25) is 0 Å². The molecule has 0 aromatic heterocycles. The fraction of sp³-hybridized carbons (Fsp3) is 0.400. The van der Waals surface area contributed by atoms with Crippen molar-refractivity contribution in [1.82, 2.24) is 0 Å². The molecule has 0 atom stereocenters. The van der Waals surface area contributed by atoms with Gasteiger partial charge in [0.05, 0.1) is 0 Å². The van der Waals surface area contributed by atoms with E-state index in [0.717, 1.165) is 36.0 Å². The number of rotatable bonds is 2. The molecule has 3 aliphatic rings. The molecule has 3 nitrogen and oxygen atoms in total. The molecule has 1 aliphatic heterocycles. The third-order valence-electron chi connectivity index (χ3n) is 4.88. The molecule has 1 heterocycles. The van der Waals surface area contributed by atoms with E-state index in [4.69, 9.17) is 4.74 Å². The second-order valence-corrected chi connectivity index (χ2v) is 7.28. The number of allylic oxidation sites excluding steroid dienone is 3. The van der Waals surface area contributed by atoms with Gasteiger partial charge in [-0.1, -0.05) is 24.3 Å². The summed E-state index contributed by atoms with van der Waals surface area (Å²) in [4.78, 5) is 25.2. The average molecular weight is 308 g/mol. The minimum Gasteiger partial charge on any atom is -0.487 e. The first-order valence-corrected chi connectivity index (χ1v) is 8.28. The van der Waals surface area contributed by atoms with Crippen molar-refractivity contribution in [3.63, 3.8) is 0 Å². The first-order chi connectivity index (χ1) is 11.0. The molecular formula is C20H20O3. The summed E-state index contributed by atoms with van der Waals surface area (Å²) in [6, 6.07) is 7.74. The Balaban J connectivity index is 1.86. The van der Waals surface area contributed by atoms with Crippen molar-refractivity contribution in [3.05, 3.63) is 47.0 Å². The van der Waals surface area contributed by atoms with Gasteiger partial charge in [0.25, 0.3) is 0 Å². The second kappa shape index (κ2) is 4.92. The van der Waals surface area contributed by atoms with E-state index < -0.39 is 0 Å². The van der Waals surface area contributed by atoms with Crippen molar-refractivity contribution in [2.75, 3.05) is 0 Å². The summed E-state index contributed by atoms with van der Waals surface area (Å²) >= 11 is 0. The number of carbonyl (C=O) groups is 2. The fourth-order valence-electron chi connectivity index (χ4n) is 3.33. The van der Waals surface area contributed by atoms with Gasteiger partial charge in [-0.3, -0.25) is 9.59 Å². The summed E-state index contributed by atoms with van der Waals surface area (Å²) in [5.41, 5.74) is 2.75. The molecule has 3 heteroatoms. The van der Waals surface area contributed by atoms with Gasteiger partial charge in [-0.15, -0.1) is 0 Å². The molecule has 0 bridgehead atoms. The number of hydrogen-bond acceptors (Lipinski definition) is 3. The van der Waals surface area contributed by atoms with Gasteiger partial charge in [-0.2, -0.15) is 0 Å². The monoisotopic (exact) mass is 308 g/mol. The Kier molecular flexibility index (Phi) is 3.09. The molecule has 1 aromatic carbocycles. The molecule has 0 amide bonds. The molecule has 1 aromatic rings. The van der Waals surface area contributed by atoms with Gasteiger partial charge in [0.1, 0.15) is 11.4 Å². The quantitative estimate of drug-likeness (QED) is 0.777. The normalized spacial score (nSPS) is 24.1. The van der Waals surface area contributed by atoms with Crippen LogP contribution in [-0.4, -0.2) is 17.2 Å². The lowest BCUT2D eigenvalue weighted by atomic mass is 9.80. The van der Waals surface area contributed by atoms with Gasteiger partial charge in [-0.25, -0.2) is 0 Å². The molecule has 1 fully saturated rings. The Morgan fingerprint density at radius 3 is 2.61 bits per heavy atom. The van der Waals surface area contributed by atoms with Crippen LogP contribution in [0.15, 0.2) is 35.9 Å². The highest BCUT2D eigenvalue weighted by Crippen LogP contribution is 2.44. The summed E-state index contributed by atoms with van der Waals surface area (Å²) < 4.78 is 6.13. The lowest BCUT2D eigenvalue weighted by Gasteiger charge is -2.37. The summed E-state index contributed by atoms with van der Waals surface area (Å²) in [6.45, 7) is 4.09. The van der Waals surface area contributed by atoms with Crippen molar-refractivity contribution in [2.45, 2.75) is 45.1 Å². The van der Waals surface area contributed by atoms with Crippen LogP contribution in [0.1, 0.15) is 50.7 Å². The van der Waals surface area contributed by atoms with Crippen molar-refractivity contribution in [1.29, 1.82) is 0 Å². The summed E-state index contributed by atoms with van der Waals surface area (Å²) in [6.07, 6.45) is 4.98. The van der Waals surface area contributed by atoms with Crippen LogP contribution < -0.4 is 0 Å². The molecule has 0 N–H and O–H groups in total. The molecule has 0 spiro atoms. The van der Waals surface area contributed by atoms with E-state index in [1.54, 1.807) is 6.08 Å². The Morgan fingerprint density at radius 1 is 1.22 bits per heavy atom. The number of benzene rings is 1. The Labute approximate surface area is 136 Å². The first kappa shape index (κ1) is 14.4. The molecule has 0 unspecified atom stereocenters. The van der Waals surface area contributed by atoms with Crippen LogP contribution in [0.3, 0.4) is 0 Å². The van der Waals surface area contributed by atoms with Gasteiger partial charge in [0, 0.05) is 22.6 Å². The number of hydrogen-bond donors (Lipinski definition) is 0. The molecule has 118 valence electrons. The van der Waals surface area contributed by atoms with E-state index in [0.29, 0.717) is 17.8 Å². The molecular weight excluding hydrogens is 288 g/mol. The lowest BCUT2D eigenvalue weighted by molar-refractivity contribution is -0.116. The van der Waals surface area contributed by atoms with E-state index in [9.17, 15) is 9.59 Å². The SMILES string of the molecule is CC1(C)CCC2=C(O1)c1ccccc1/C(=C\C(=O)C1CC1)C2=O. The van der Waals surface area contributed by atoms with Crippen LogP contribution in [0.2, 0.25) is 0 Å². The number of ketones is 2. The topological polar surface area (TPSA) is 43.4 Å². The van der Waals surface area contributed by atoms with Crippen molar-refractivity contribution < 1.29 is 14.3 Å². The average Bonchev–Trinajstić information content (AvgIpc) is 3.35. The third kappa shape index (κ3) is 2.44. The third-order valence-corrected chi connectivity index (χ3v) is 4.88. The smallest absolute Gasteiger partial charge is 0.193 e. The van der Waals surface area contributed by atoms with Crippen LogP contribution >= 0.6 is 0 Å². The minimum atomic E-state index is -0.267. The van der Waals surface area contributed by atoms with Crippen molar-refractivity contribution in [3.8, 4) is 0 Å². The molecule has 0 saturated heterocycles. The van der Waals surface area contributed by atoms with E-state index in [-0.39, 0.29) is 23.1 Å². The standard InChI is InChI=1S/C20H20O3/c1-20(2)10-9-15-18(22)16(11-17(21)12-7-8-12)13-5-3-4-6-14(13)19(15)23-20/h3-6,11-12H,7-10H2,1-2H3/b16-11+. The number of ether oxygens (including phenoxy) is 1.